The van der Waals surface area contributed by atoms with Crippen molar-refractivity contribution in [1.29, 1.82) is 0 Å². The molecule has 5 nitrogen and oxygen atoms in total. The number of hydrogen-bond donors (Lipinski definition) is 3. The predicted octanol–water partition coefficient (Wildman–Crippen LogP) is 2.37. The topological polar surface area (TPSA) is 92.4 Å². The molecule has 4 N–H and O–H groups in total. The van der Waals surface area contributed by atoms with E-state index < -0.39 is 23.2 Å². The minimum absolute atomic E-state index is 0.0597. The van der Waals surface area contributed by atoms with E-state index in [0.717, 1.165) is 31.0 Å². The van der Waals surface area contributed by atoms with Crippen LogP contribution in [0.15, 0.2) is 18.2 Å². The molecule has 2 unspecified atom stereocenters. The average molecular weight is 294 g/mol. The van der Waals surface area contributed by atoms with Crippen molar-refractivity contribution in [1.82, 2.24) is 0 Å². The number of amides is 1. The standard InChI is InChI=1S/C15H19FN2O3/c1-9-3-2-6-15(17,8-9)14(21)18-12-7-10(16)4-5-11(12)13(19)20/h4-5,7,9H,2-3,6,8,17H2,1H3,(H,18,21)(H,19,20). The highest BCUT2D eigenvalue weighted by Gasteiger charge is 2.38. The van der Waals surface area contributed by atoms with Crippen LogP contribution < -0.4 is 11.1 Å². The highest BCUT2D eigenvalue weighted by molar-refractivity contribution is 6.03. The Morgan fingerprint density at radius 2 is 2.19 bits per heavy atom. The van der Waals surface area contributed by atoms with E-state index in [1.807, 2.05) is 6.92 Å². The number of carboxylic acid groups (broad SMARTS) is 1. The molecular formula is C15H19FN2O3. The molecule has 1 aliphatic carbocycles. The maximum atomic E-state index is 13.3. The fourth-order valence-corrected chi connectivity index (χ4v) is 2.85. The molecular weight excluding hydrogens is 275 g/mol. The van der Waals surface area contributed by atoms with Gasteiger partial charge in [-0.05, 0) is 37.0 Å². The first-order chi connectivity index (χ1) is 9.82. The summed E-state index contributed by atoms with van der Waals surface area (Å²) in [5, 5.41) is 11.6. The van der Waals surface area contributed by atoms with Crippen LogP contribution in [0.4, 0.5) is 10.1 Å². The van der Waals surface area contributed by atoms with Crippen molar-refractivity contribution in [2.24, 2.45) is 11.7 Å². The molecule has 0 spiro atoms. The Labute approximate surface area is 122 Å². The molecule has 1 aromatic rings. The molecule has 2 atom stereocenters. The lowest BCUT2D eigenvalue weighted by Gasteiger charge is -2.35. The van der Waals surface area contributed by atoms with Crippen molar-refractivity contribution in [3.8, 4) is 0 Å². The van der Waals surface area contributed by atoms with Gasteiger partial charge < -0.3 is 16.2 Å². The Kier molecular flexibility index (Phi) is 4.27. The van der Waals surface area contributed by atoms with E-state index >= 15 is 0 Å². The second-order valence-corrected chi connectivity index (χ2v) is 5.81. The number of hydrogen-bond acceptors (Lipinski definition) is 3. The number of carbonyl (C=O) groups is 2. The fourth-order valence-electron chi connectivity index (χ4n) is 2.85. The summed E-state index contributed by atoms with van der Waals surface area (Å²) in [5.41, 5.74) is 4.91. The van der Waals surface area contributed by atoms with E-state index in [2.05, 4.69) is 5.32 Å². The number of rotatable bonds is 3. The molecule has 1 saturated carbocycles. The Balaban J connectivity index is 2.23. The lowest BCUT2D eigenvalue weighted by atomic mass is 9.76. The van der Waals surface area contributed by atoms with E-state index in [0.29, 0.717) is 18.8 Å². The number of aromatic carboxylic acids is 1. The molecule has 0 heterocycles. The third-order valence-electron chi connectivity index (χ3n) is 3.94. The van der Waals surface area contributed by atoms with E-state index in [-0.39, 0.29) is 11.3 Å². The second-order valence-electron chi connectivity index (χ2n) is 5.81. The third kappa shape index (κ3) is 3.39. The molecule has 0 bridgehead atoms. The van der Waals surface area contributed by atoms with Gasteiger partial charge in [0.2, 0.25) is 5.91 Å². The normalized spacial score (nSPS) is 25.4. The van der Waals surface area contributed by atoms with Gasteiger partial charge in [-0.3, -0.25) is 4.79 Å². The summed E-state index contributed by atoms with van der Waals surface area (Å²) in [4.78, 5) is 23.5. The molecule has 0 aliphatic heterocycles. The number of nitrogens with two attached hydrogens (primary N) is 1. The van der Waals surface area contributed by atoms with Crippen LogP contribution in [0.1, 0.15) is 43.0 Å². The smallest absolute Gasteiger partial charge is 0.337 e. The SMILES string of the molecule is CC1CCCC(N)(C(=O)Nc2cc(F)ccc2C(=O)O)C1. The predicted molar refractivity (Wildman–Crippen MR) is 76.5 cm³/mol. The lowest BCUT2D eigenvalue weighted by Crippen LogP contribution is -2.53. The summed E-state index contributed by atoms with van der Waals surface area (Å²) in [7, 11) is 0. The van der Waals surface area contributed by atoms with E-state index in [9.17, 15) is 14.0 Å². The van der Waals surface area contributed by atoms with Crippen molar-refractivity contribution in [3.63, 3.8) is 0 Å². The summed E-state index contributed by atoms with van der Waals surface area (Å²) in [6.45, 7) is 2.03. The zero-order chi connectivity index (χ0) is 15.6. The number of benzene rings is 1. The third-order valence-corrected chi connectivity index (χ3v) is 3.94. The number of carbonyl (C=O) groups excluding carboxylic acids is 1. The van der Waals surface area contributed by atoms with Crippen LogP contribution in [0.25, 0.3) is 0 Å². The van der Waals surface area contributed by atoms with Gasteiger partial charge in [0.25, 0.3) is 0 Å². The van der Waals surface area contributed by atoms with Gasteiger partial charge in [-0.25, -0.2) is 9.18 Å². The van der Waals surface area contributed by atoms with Gasteiger partial charge in [0.1, 0.15) is 5.82 Å². The molecule has 21 heavy (non-hydrogen) atoms. The first kappa shape index (κ1) is 15.4. The van der Waals surface area contributed by atoms with Crippen LogP contribution >= 0.6 is 0 Å². The first-order valence-corrected chi connectivity index (χ1v) is 6.95. The van der Waals surface area contributed by atoms with Crippen LogP contribution in [0.5, 0.6) is 0 Å². The molecule has 114 valence electrons. The van der Waals surface area contributed by atoms with Gasteiger partial charge in [0.05, 0.1) is 16.8 Å². The summed E-state index contributed by atoms with van der Waals surface area (Å²) in [6, 6.07) is 3.16. The first-order valence-electron chi connectivity index (χ1n) is 6.95. The molecule has 2 rings (SSSR count). The quantitative estimate of drug-likeness (QED) is 0.798. The molecule has 0 aromatic heterocycles. The minimum atomic E-state index is -1.23. The van der Waals surface area contributed by atoms with Gasteiger partial charge in [-0.2, -0.15) is 0 Å². The van der Waals surface area contributed by atoms with Crippen molar-refractivity contribution >= 4 is 17.6 Å². The Hall–Kier alpha value is -1.95. The summed E-state index contributed by atoms with van der Waals surface area (Å²) >= 11 is 0. The zero-order valence-electron chi connectivity index (χ0n) is 11.9. The van der Waals surface area contributed by atoms with Crippen LogP contribution in [-0.2, 0) is 4.79 Å². The molecule has 6 heteroatoms. The van der Waals surface area contributed by atoms with Crippen LogP contribution in [-0.4, -0.2) is 22.5 Å². The average Bonchev–Trinajstić information content (AvgIpc) is 2.38. The molecule has 0 saturated heterocycles. The monoisotopic (exact) mass is 294 g/mol. The molecule has 1 aliphatic rings. The van der Waals surface area contributed by atoms with Gasteiger partial charge in [0, 0.05) is 0 Å². The van der Waals surface area contributed by atoms with Crippen LogP contribution in [0.3, 0.4) is 0 Å². The zero-order valence-corrected chi connectivity index (χ0v) is 11.9. The second kappa shape index (κ2) is 5.81. The van der Waals surface area contributed by atoms with Gasteiger partial charge >= 0.3 is 5.97 Å². The molecule has 1 aromatic carbocycles. The minimum Gasteiger partial charge on any atom is -0.478 e. The maximum Gasteiger partial charge on any atom is 0.337 e. The van der Waals surface area contributed by atoms with Gasteiger partial charge in [-0.1, -0.05) is 19.8 Å². The summed E-state index contributed by atoms with van der Waals surface area (Å²) < 4.78 is 13.3. The summed E-state index contributed by atoms with van der Waals surface area (Å²) in [5.74, 6) is -1.96. The number of nitrogens with one attached hydrogen (secondary N) is 1. The summed E-state index contributed by atoms with van der Waals surface area (Å²) in [6.07, 6.45) is 2.95. The Morgan fingerprint density at radius 1 is 1.48 bits per heavy atom. The van der Waals surface area contributed by atoms with Crippen molar-refractivity contribution in [2.45, 2.75) is 38.1 Å². The Morgan fingerprint density at radius 3 is 2.81 bits per heavy atom. The molecule has 1 fully saturated rings. The highest BCUT2D eigenvalue weighted by Crippen LogP contribution is 2.31. The van der Waals surface area contributed by atoms with E-state index in [1.54, 1.807) is 0 Å². The molecule has 1 amide bonds. The van der Waals surface area contributed by atoms with E-state index in [1.165, 1.54) is 0 Å². The molecule has 0 radical (unpaired) electrons. The fraction of sp³-hybridized carbons (Fsp3) is 0.467. The van der Waals surface area contributed by atoms with Gasteiger partial charge in [0.15, 0.2) is 0 Å². The van der Waals surface area contributed by atoms with Crippen molar-refractivity contribution < 1.29 is 19.1 Å². The Bertz CT molecular complexity index is 576. The largest absolute Gasteiger partial charge is 0.478 e. The van der Waals surface area contributed by atoms with Crippen LogP contribution in [0, 0.1) is 11.7 Å². The number of halogens is 1. The maximum absolute atomic E-state index is 13.3. The van der Waals surface area contributed by atoms with Gasteiger partial charge in [-0.15, -0.1) is 0 Å². The van der Waals surface area contributed by atoms with Crippen LogP contribution in [0.2, 0.25) is 0 Å². The number of carboxylic acids is 1. The van der Waals surface area contributed by atoms with E-state index in [4.69, 9.17) is 10.8 Å². The highest BCUT2D eigenvalue weighted by atomic mass is 19.1. The van der Waals surface area contributed by atoms with Crippen molar-refractivity contribution in [3.05, 3.63) is 29.6 Å². The number of anilines is 1. The lowest BCUT2D eigenvalue weighted by molar-refractivity contribution is -0.122. The van der Waals surface area contributed by atoms with Crippen molar-refractivity contribution in [2.75, 3.05) is 5.32 Å².